The van der Waals surface area contributed by atoms with Crippen molar-refractivity contribution >= 4 is 23.6 Å². The fourth-order valence-corrected chi connectivity index (χ4v) is 4.36. The molecule has 0 unspecified atom stereocenters. The Morgan fingerprint density at radius 1 is 0.968 bits per heavy atom. The Morgan fingerprint density at radius 2 is 1.65 bits per heavy atom. The molecule has 1 aliphatic carbocycles. The first kappa shape index (κ1) is 19.9. The van der Waals surface area contributed by atoms with Gasteiger partial charge in [-0.15, -0.1) is 0 Å². The second-order valence-corrected chi connectivity index (χ2v) is 8.47. The average Bonchev–Trinajstić information content (AvgIpc) is 3.60. The molecule has 3 aromatic rings. The van der Waals surface area contributed by atoms with Gasteiger partial charge in [-0.2, -0.15) is 5.10 Å². The van der Waals surface area contributed by atoms with Crippen LogP contribution in [0.4, 0.5) is 11.4 Å². The van der Waals surface area contributed by atoms with Gasteiger partial charge in [0.15, 0.2) is 0 Å². The standard InChI is InChI=1S/C22H24N6O2S/c29-28(30)20-10-8-18(9-11-20)25-14-12-24(13-15-25)16-26-22(31)27(19-4-2-1-3-5-19)21(23-26)17-6-7-17/h1-5,8-11,17H,6-7,12-16H2. The van der Waals surface area contributed by atoms with Crippen LogP contribution in [0.15, 0.2) is 54.6 Å². The molecule has 0 N–H and O–H groups in total. The molecule has 0 spiro atoms. The number of nitrogens with zero attached hydrogens (tertiary/aromatic N) is 6. The maximum Gasteiger partial charge on any atom is 0.269 e. The van der Waals surface area contributed by atoms with Gasteiger partial charge in [0.25, 0.3) is 5.69 Å². The molecular weight excluding hydrogens is 412 g/mol. The Morgan fingerprint density at radius 3 is 2.26 bits per heavy atom. The molecular formula is C22H24N6O2S. The van der Waals surface area contributed by atoms with Crippen LogP contribution in [0.2, 0.25) is 0 Å². The molecule has 8 nitrogen and oxygen atoms in total. The third kappa shape index (κ3) is 4.11. The van der Waals surface area contributed by atoms with Crippen molar-refractivity contribution in [2.24, 2.45) is 0 Å². The number of rotatable bonds is 6. The van der Waals surface area contributed by atoms with Crippen LogP contribution in [0.25, 0.3) is 5.69 Å². The van der Waals surface area contributed by atoms with Gasteiger partial charge in [-0.1, -0.05) is 18.2 Å². The van der Waals surface area contributed by atoms with Crippen molar-refractivity contribution in [1.29, 1.82) is 0 Å². The van der Waals surface area contributed by atoms with E-state index in [-0.39, 0.29) is 10.6 Å². The zero-order valence-electron chi connectivity index (χ0n) is 17.1. The molecule has 1 aromatic heterocycles. The van der Waals surface area contributed by atoms with E-state index in [1.807, 2.05) is 35.0 Å². The Balaban J connectivity index is 1.28. The van der Waals surface area contributed by atoms with Crippen LogP contribution in [0.5, 0.6) is 0 Å². The second kappa shape index (κ2) is 8.24. The van der Waals surface area contributed by atoms with E-state index < -0.39 is 0 Å². The van der Waals surface area contributed by atoms with E-state index in [0.717, 1.165) is 48.1 Å². The SMILES string of the molecule is O=[N+]([O-])c1ccc(N2CCN(Cn3nc(C4CC4)n(-c4ccccc4)c3=S)CC2)cc1. The number of anilines is 1. The van der Waals surface area contributed by atoms with Crippen molar-refractivity contribution in [3.63, 3.8) is 0 Å². The van der Waals surface area contributed by atoms with Gasteiger partial charge < -0.3 is 4.90 Å². The molecule has 0 bridgehead atoms. The molecule has 2 fully saturated rings. The summed E-state index contributed by atoms with van der Waals surface area (Å²) in [5.41, 5.74) is 2.21. The molecule has 2 aromatic carbocycles. The van der Waals surface area contributed by atoms with Crippen molar-refractivity contribution in [2.45, 2.75) is 25.4 Å². The van der Waals surface area contributed by atoms with Crippen molar-refractivity contribution in [3.05, 3.63) is 75.3 Å². The maximum absolute atomic E-state index is 10.9. The quantitative estimate of drug-likeness (QED) is 0.331. The predicted octanol–water partition coefficient (Wildman–Crippen LogP) is 3.97. The van der Waals surface area contributed by atoms with Gasteiger partial charge in [-0.05, 0) is 49.3 Å². The number of piperazine rings is 1. The number of para-hydroxylation sites is 1. The van der Waals surface area contributed by atoms with E-state index in [2.05, 4.69) is 26.5 Å². The highest BCUT2D eigenvalue weighted by molar-refractivity contribution is 7.71. The van der Waals surface area contributed by atoms with E-state index in [1.165, 1.54) is 12.8 Å². The lowest BCUT2D eigenvalue weighted by molar-refractivity contribution is -0.384. The zero-order chi connectivity index (χ0) is 21.4. The lowest BCUT2D eigenvalue weighted by atomic mass is 10.2. The first-order chi connectivity index (χ1) is 15.1. The summed E-state index contributed by atoms with van der Waals surface area (Å²) in [7, 11) is 0. The number of aromatic nitrogens is 3. The largest absolute Gasteiger partial charge is 0.369 e. The van der Waals surface area contributed by atoms with Crippen LogP contribution in [0, 0.1) is 14.9 Å². The molecule has 0 amide bonds. The lowest BCUT2D eigenvalue weighted by Crippen LogP contribution is -2.47. The Hall–Kier alpha value is -3.04. The Labute approximate surface area is 185 Å². The highest BCUT2D eigenvalue weighted by Gasteiger charge is 2.31. The molecule has 2 aliphatic rings. The summed E-state index contributed by atoms with van der Waals surface area (Å²) in [5, 5.41) is 15.8. The van der Waals surface area contributed by atoms with Gasteiger partial charge in [-0.3, -0.25) is 19.6 Å². The molecule has 2 heterocycles. The second-order valence-electron chi connectivity index (χ2n) is 8.11. The highest BCUT2D eigenvalue weighted by atomic mass is 32.1. The van der Waals surface area contributed by atoms with Crippen LogP contribution < -0.4 is 4.90 Å². The summed E-state index contributed by atoms with van der Waals surface area (Å²) in [6, 6.07) is 17.0. The predicted molar refractivity (Wildman–Crippen MR) is 121 cm³/mol. The molecule has 1 aliphatic heterocycles. The molecule has 1 saturated heterocycles. The summed E-state index contributed by atoms with van der Waals surface area (Å²) in [4.78, 5) is 15.1. The summed E-state index contributed by atoms with van der Waals surface area (Å²) < 4.78 is 4.82. The smallest absolute Gasteiger partial charge is 0.269 e. The van der Waals surface area contributed by atoms with Gasteiger partial charge >= 0.3 is 0 Å². The van der Waals surface area contributed by atoms with Crippen molar-refractivity contribution in [3.8, 4) is 5.69 Å². The topological polar surface area (TPSA) is 72.4 Å². The van der Waals surface area contributed by atoms with Crippen molar-refractivity contribution in [1.82, 2.24) is 19.2 Å². The van der Waals surface area contributed by atoms with E-state index in [1.54, 1.807) is 12.1 Å². The van der Waals surface area contributed by atoms with Gasteiger partial charge in [0.1, 0.15) is 5.82 Å². The monoisotopic (exact) mass is 436 g/mol. The first-order valence-corrected chi connectivity index (χ1v) is 11.0. The van der Waals surface area contributed by atoms with Gasteiger partial charge in [0.05, 0.1) is 11.6 Å². The van der Waals surface area contributed by atoms with E-state index in [4.69, 9.17) is 17.3 Å². The molecule has 31 heavy (non-hydrogen) atoms. The Bertz CT molecular complexity index is 1130. The van der Waals surface area contributed by atoms with E-state index in [0.29, 0.717) is 12.6 Å². The molecule has 9 heteroatoms. The van der Waals surface area contributed by atoms with Crippen molar-refractivity contribution < 1.29 is 4.92 Å². The fraction of sp³-hybridized carbons (Fsp3) is 0.364. The molecule has 160 valence electrons. The first-order valence-electron chi connectivity index (χ1n) is 10.6. The van der Waals surface area contributed by atoms with Crippen LogP contribution in [0.1, 0.15) is 24.6 Å². The Kier molecular flexibility index (Phi) is 5.29. The molecule has 0 radical (unpaired) electrons. The van der Waals surface area contributed by atoms with Crippen LogP contribution in [0.3, 0.4) is 0 Å². The normalized spacial score (nSPS) is 17.1. The van der Waals surface area contributed by atoms with Gasteiger partial charge in [-0.25, -0.2) is 4.68 Å². The number of nitro groups is 1. The van der Waals surface area contributed by atoms with Crippen LogP contribution >= 0.6 is 12.2 Å². The number of hydrogen-bond acceptors (Lipinski definition) is 6. The number of non-ortho nitro benzene ring substituents is 1. The van der Waals surface area contributed by atoms with E-state index >= 15 is 0 Å². The fourth-order valence-electron chi connectivity index (χ4n) is 4.06. The molecule has 0 atom stereocenters. The number of nitro benzene ring substituents is 1. The van der Waals surface area contributed by atoms with E-state index in [9.17, 15) is 10.1 Å². The third-order valence-corrected chi connectivity index (χ3v) is 6.35. The minimum absolute atomic E-state index is 0.122. The molecule has 5 rings (SSSR count). The molecule has 1 saturated carbocycles. The summed E-state index contributed by atoms with van der Waals surface area (Å²) in [6.07, 6.45) is 2.35. The minimum atomic E-state index is -0.365. The number of benzene rings is 2. The summed E-state index contributed by atoms with van der Waals surface area (Å²) in [6.45, 7) is 4.16. The summed E-state index contributed by atoms with van der Waals surface area (Å²) in [5.74, 6) is 1.57. The average molecular weight is 437 g/mol. The van der Waals surface area contributed by atoms with Gasteiger partial charge in [0.2, 0.25) is 4.77 Å². The number of hydrogen-bond donors (Lipinski definition) is 0. The van der Waals surface area contributed by atoms with Crippen LogP contribution in [-0.4, -0.2) is 50.3 Å². The summed E-state index contributed by atoms with van der Waals surface area (Å²) >= 11 is 5.81. The van der Waals surface area contributed by atoms with Crippen molar-refractivity contribution in [2.75, 3.05) is 31.1 Å². The minimum Gasteiger partial charge on any atom is -0.369 e. The third-order valence-electron chi connectivity index (χ3n) is 5.95. The van der Waals surface area contributed by atoms with Gasteiger partial charge in [0, 0.05) is 55.6 Å². The highest BCUT2D eigenvalue weighted by Crippen LogP contribution is 2.40. The zero-order valence-corrected chi connectivity index (χ0v) is 17.9. The maximum atomic E-state index is 10.9. The lowest BCUT2D eigenvalue weighted by Gasteiger charge is -2.35. The van der Waals surface area contributed by atoms with Crippen LogP contribution in [-0.2, 0) is 6.67 Å².